The minimum absolute atomic E-state index is 0.432. The van der Waals surface area contributed by atoms with Gasteiger partial charge in [0.1, 0.15) is 0 Å². The fourth-order valence-corrected chi connectivity index (χ4v) is 2.58. The van der Waals surface area contributed by atoms with E-state index >= 15 is 0 Å². The number of nitrogens with two attached hydrogens (primary N) is 1. The second kappa shape index (κ2) is 5.15. The van der Waals surface area contributed by atoms with Crippen molar-refractivity contribution in [3.05, 3.63) is 35.5 Å². The van der Waals surface area contributed by atoms with E-state index < -0.39 is 0 Å². The maximum Gasteiger partial charge on any atom is 0.0457 e. The van der Waals surface area contributed by atoms with E-state index in [9.17, 15) is 0 Å². The number of H-pyrrole nitrogens is 1. The number of aromatic nitrogens is 1. The maximum atomic E-state index is 5.94. The van der Waals surface area contributed by atoms with Crippen LogP contribution in [0, 0.1) is 5.92 Å². The predicted molar refractivity (Wildman–Crippen MR) is 79.0 cm³/mol. The Balaban J connectivity index is 2.54. The minimum atomic E-state index is 0.432. The molecular formula is C16H24N2. The normalized spacial score (nSPS) is 13.7. The highest BCUT2D eigenvalue weighted by Crippen LogP contribution is 2.31. The Hall–Kier alpha value is -1.28. The molecule has 1 aromatic heterocycles. The SMILES string of the molecule is CC(C)c1ccc2[nH]cc(C(CN)C(C)C)c2c1. The van der Waals surface area contributed by atoms with Gasteiger partial charge in [0.25, 0.3) is 0 Å². The van der Waals surface area contributed by atoms with Crippen LogP contribution in [-0.4, -0.2) is 11.5 Å². The summed E-state index contributed by atoms with van der Waals surface area (Å²) in [4.78, 5) is 3.37. The molecule has 2 heteroatoms. The van der Waals surface area contributed by atoms with Crippen molar-refractivity contribution in [2.45, 2.75) is 39.5 Å². The van der Waals surface area contributed by atoms with Crippen molar-refractivity contribution in [2.75, 3.05) is 6.54 Å². The summed E-state index contributed by atoms with van der Waals surface area (Å²) >= 11 is 0. The van der Waals surface area contributed by atoms with Gasteiger partial charge in [-0.05, 0) is 41.6 Å². The lowest BCUT2D eigenvalue weighted by molar-refractivity contribution is 0.509. The molecule has 2 aromatic rings. The molecule has 98 valence electrons. The van der Waals surface area contributed by atoms with Gasteiger partial charge in [-0.1, -0.05) is 33.8 Å². The Labute approximate surface area is 110 Å². The summed E-state index contributed by atoms with van der Waals surface area (Å²) in [6.45, 7) is 9.65. The lowest BCUT2D eigenvalue weighted by Gasteiger charge is -2.18. The molecular weight excluding hydrogens is 220 g/mol. The van der Waals surface area contributed by atoms with Crippen molar-refractivity contribution < 1.29 is 0 Å². The van der Waals surface area contributed by atoms with Crippen LogP contribution in [0.3, 0.4) is 0 Å². The molecule has 0 aliphatic carbocycles. The van der Waals surface area contributed by atoms with Gasteiger partial charge in [-0.2, -0.15) is 0 Å². The quantitative estimate of drug-likeness (QED) is 0.839. The third-order valence-electron chi connectivity index (χ3n) is 3.86. The Morgan fingerprint density at radius 1 is 1.17 bits per heavy atom. The van der Waals surface area contributed by atoms with E-state index in [4.69, 9.17) is 5.73 Å². The number of rotatable bonds is 4. The average molecular weight is 244 g/mol. The minimum Gasteiger partial charge on any atom is -0.361 e. The summed E-state index contributed by atoms with van der Waals surface area (Å²) in [7, 11) is 0. The number of fused-ring (bicyclic) bond motifs is 1. The van der Waals surface area contributed by atoms with E-state index in [0.717, 1.165) is 0 Å². The van der Waals surface area contributed by atoms with Crippen LogP contribution >= 0.6 is 0 Å². The molecule has 0 amide bonds. The Kier molecular flexibility index (Phi) is 3.76. The summed E-state index contributed by atoms with van der Waals surface area (Å²) in [5.74, 6) is 1.56. The van der Waals surface area contributed by atoms with Crippen LogP contribution in [0.25, 0.3) is 10.9 Å². The second-order valence-electron chi connectivity index (χ2n) is 5.79. The summed E-state index contributed by atoms with van der Waals surface area (Å²) < 4.78 is 0. The zero-order chi connectivity index (χ0) is 13.3. The first-order valence-corrected chi connectivity index (χ1v) is 6.85. The molecule has 18 heavy (non-hydrogen) atoms. The molecule has 0 radical (unpaired) electrons. The molecule has 0 aliphatic rings. The predicted octanol–water partition coefficient (Wildman–Crippen LogP) is 3.99. The zero-order valence-electron chi connectivity index (χ0n) is 11.8. The fourth-order valence-electron chi connectivity index (χ4n) is 2.58. The number of aromatic amines is 1. The first-order chi connectivity index (χ1) is 8.54. The van der Waals surface area contributed by atoms with E-state index in [1.807, 2.05) is 0 Å². The number of benzene rings is 1. The van der Waals surface area contributed by atoms with Gasteiger partial charge in [0, 0.05) is 23.0 Å². The van der Waals surface area contributed by atoms with Crippen molar-refractivity contribution in [1.29, 1.82) is 0 Å². The van der Waals surface area contributed by atoms with E-state index in [0.29, 0.717) is 24.3 Å². The number of nitrogens with one attached hydrogen (secondary N) is 1. The lowest BCUT2D eigenvalue weighted by Crippen LogP contribution is -2.17. The molecule has 1 aromatic carbocycles. The molecule has 2 rings (SSSR count). The summed E-state index contributed by atoms with van der Waals surface area (Å²) in [5, 5.41) is 1.34. The standard InChI is InChI=1S/C16H24N2/c1-10(2)12-5-6-16-13(7-12)15(9-18-16)14(8-17)11(3)4/h5-7,9-11,14,18H,8,17H2,1-4H3. The van der Waals surface area contributed by atoms with E-state index in [1.54, 1.807) is 0 Å². The van der Waals surface area contributed by atoms with Crippen molar-refractivity contribution >= 4 is 10.9 Å². The largest absolute Gasteiger partial charge is 0.361 e. The van der Waals surface area contributed by atoms with Gasteiger partial charge in [0.15, 0.2) is 0 Å². The third kappa shape index (κ3) is 2.30. The Morgan fingerprint density at radius 3 is 2.44 bits per heavy atom. The molecule has 0 aliphatic heterocycles. The van der Waals surface area contributed by atoms with Crippen LogP contribution in [0.1, 0.15) is 50.7 Å². The summed E-state index contributed by atoms with van der Waals surface area (Å²) in [5.41, 5.74) is 9.91. The fraction of sp³-hybridized carbons (Fsp3) is 0.500. The van der Waals surface area contributed by atoms with Crippen LogP contribution < -0.4 is 5.73 Å². The molecule has 0 saturated heterocycles. The lowest BCUT2D eigenvalue weighted by atomic mass is 9.87. The van der Waals surface area contributed by atoms with Gasteiger partial charge in [0.05, 0.1) is 0 Å². The van der Waals surface area contributed by atoms with Gasteiger partial charge < -0.3 is 10.7 Å². The van der Waals surface area contributed by atoms with Crippen LogP contribution in [0.4, 0.5) is 0 Å². The monoisotopic (exact) mass is 244 g/mol. The molecule has 0 spiro atoms. The highest BCUT2D eigenvalue weighted by Gasteiger charge is 2.18. The van der Waals surface area contributed by atoms with Crippen LogP contribution in [0.2, 0.25) is 0 Å². The molecule has 1 unspecified atom stereocenters. The maximum absolute atomic E-state index is 5.94. The second-order valence-corrected chi connectivity index (χ2v) is 5.79. The number of hydrogen-bond acceptors (Lipinski definition) is 1. The molecule has 1 atom stereocenters. The summed E-state index contributed by atoms with van der Waals surface area (Å²) in [6, 6.07) is 6.71. The molecule has 0 bridgehead atoms. The van der Waals surface area contributed by atoms with Crippen LogP contribution in [0.15, 0.2) is 24.4 Å². The van der Waals surface area contributed by atoms with Crippen molar-refractivity contribution in [3.63, 3.8) is 0 Å². The molecule has 2 nitrogen and oxygen atoms in total. The third-order valence-corrected chi connectivity index (χ3v) is 3.86. The Morgan fingerprint density at radius 2 is 1.89 bits per heavy atom. The molecule has 3 N–H and O–H groups in total. The van der Waals surface area contributed by atoms with Gasteiger partial charge in [-0.15, -0.1) is 0 Å². The van der Waals surface area contributed by atoms with Crippen molar-refractivity contribution in [3.8, 4) is 0 Å². The first-order valence-electron chi connectivity index (χ1n) is 6.85. The molecule has 0 saturated carbocycles. The molecule has 1 heterocycles. The van der Waals surface area contributed by atoms with Crippen molar-refractivity contribution in [1.82, 2.24) is 4.98 Å². The number of hydrogen-bond donors (Lipinski definition) is 2. The topological polar surface area (TPSA) is 41.8 Å². The Bertz CT molecular complexity index is 523. The smallest absolute Gasteiger partial charge is 0.0457 e. The average Bonchev–Trinajstić information content (AvgIpc) is 2.73. The van der Waals surface area contributed by atoms with E-state index in [2.05, 4.69) is 57.1 Å². The first kappa shape index (κ1) is 13.2. The van der Waals surface area contributed by atoms with Gasteiger partial charge in [-0.3, -0.25) is 0 Å². The van der Waals surface area contributed by atoms with Gasteiger partial charge in [0.2, 0.25) is 0 Å². The highest BCUT2D eigenvalue weighted by molar-refractivity contribution is 5.84. The van der Waals surface area contributed by atoms with Crippen LogP contribution in [-0.2, 0) is 0 Å². The molecule has 0 fully saturated rings. The van der Waals surface area contributed by atoms with E-state index in [1.165, 1.54) is 22.0 Å². The van der Waals surface area contributed by atoms with E-state index in [-0.39, 0.29) is 0 Å². The van der Waals surface area contributed by atoms with Gasteiger partial charge >= 0.3 is 0 Å². The summed E-state index contributed by atoms with van der Waals surface area (Å²) in [6.07, 6.45) is 2.13. The van der Waals surface area contributed by atoms with Gasteiger partial charge in [-0.25, -0.2) is 0 Å². The van der Waals surface area contributed by atoms with Crippen LogP contribution in [0.5, 0.6) is 0 Å². The highest BCUT2D eigenvalue weighted by atomic mass is 14.7. The zero-order valence-corrected chi connectivity index (χ0v) is 11.8. The van der Waals surface area contributed by atoms with Crippen molar-refractivity contribution in [2.24, 2.45) is 11.7 Å².